The second-order valence-electron chi connectivity index (χ2n) is 7.88. The van der Waals surface area contributed by atoms with Crippen molar-refractivity contribution >= 4 is 26.6 Å². The molecule has 0 bridgehead atoms. The maximum atomic E-state index is 12.6. The number of H-pyrrole nitrogens is 1. The molecule has 2 N–H and O–H groups in total. The summed E-state index contributed by atoms with van der Waals surface area (Å²) < 4.78 is 71.0. The van der Waals surface area contributed by atoms with Crippen LogP contribution in [0.2, 0.25) is 0 Å². The highest BCUT2D eigenvalue weighted by molar-refractivity contribution is 7.92. The van der Waals surface area contributed by atoms with Crippen LogP contribution in [0.5, 0.6) is 5.75 Å². The molecular weight excluding hydrogens is 429 g/mol. The second kappa shape index (κ2) is 8.45. The molecule has 0 spiro atoms. The average Bonchev–Trinajstić information content (AvgIpc) is 3.06. The van der Waals surface area contributed by atoms with Gasteiger partial charge in [0.05, 0.1) is 23.6 Å². The summed E-state index contributed by atoms with van der Waals surface area (Å²) >= 11 is 0. The summed E-state index contributed by atoms with van der Waals surface area (Å²) in [6.07, 6.45) is 0.796. The van der Waals surface area contributed by atoms with E-state index in [1.165, 1.54) is 12.1 Å². The van der Waals surface area contributed by atoms with E-state index in [2.05, 4.69) is 9.71 Å². The number of anilines is 1. The summed E-state index contributed by atoms with van der Waals surface area (Å²) in [5, 5.41) is 0.768. The number of nitrogens with one attached hydrogen (secondary N) is 2. The Morgan fingerprint density at radius 2 is 1.84 bits per heavy atom. The third-order valence-electron chi connectivity index (χ3n) is 5.53. The molecule has 0 unspecified atom stereocenters. The summed E-state index contributed by atoms with van der Waals surface area (Å²) in [6.45, 7) is 0.282. The van der Waals surface area contributed by atoms with Gasteiger partial charge in [-0.2, -0.15) is 13.2 Å². The second-order valence-corrected chi connectivity index (χ2v) is 9.65. The van der Waals surface area contributed by atoms with E-state index in [1.54, 1.807) is 6.20 Å². The number of aromatic amines is 1. The average molecular weight is 452 g/mol. The van der Waals surface area contributed by atoms with Crippen molar-refractivity contribution in [3.8, 4) is 5.75 Å². The zero-order valence-corrected chi connectivity index (χ0v) is 17.5. The van der Waals surface area contributed by atoms with E-state index in [1.807, 2.05) is 18.2 Å². The van der Waals surface area contributed by atoms with Crippen LogP contribution in [0.3, 0.4) is 0 Å². The zero-order chi connectivity index (χ0) is 22.1. The fraction of sp³-hybridized carbons (Fsp3) is 0.364. The number of alkyl halides is 3. The molecule has 0 aliphatic heterocycles. The highest BCUT2D eigenvalue weighted by atomic mass is 32.2. The molecule has 166 valence electrons. The Morgan fingerprint density at radius 3 is 2.48 bits per heavy atom. The van der Waals surface area contributed by atoms with Crippen LogP contribution in [0.4, 0.5) is 18.9 Å². The molecule has 4 rings (SSSR count). The predicted molar refractivity (Wildman–Crippen MR) is 114 cm³/mol. The molecule has 0 atom stereocenters. The van der Waals surface area contributed by atoms with Gasteiger partial charge in [0, 0.05) is 23.5 Å². The minimum atomic E-state index is -4.37. The number of ether oxygens (including phenoxy) is 1. The molecule has 0 radical (unpaired) electrons. The smallest absolute Gasteiger partial charge is 0.416 e. The first kappa shape index (κ1) is 21.5. The van der Waals surface area contributed by atoms with Crippen molar-refractivity contribution < 1.29 is 26.3 Å². The Bertz CT molecular complexity index is 1150. The Balaban J connectivity index is 1.39. The van der Waals surface area contributed by atoms with E-state index >= 15 is 0 Å². The van der Waals surface area contributed by atoms with E-state index in [4.69, 9.17) is 4.74 Å². The van der Waals surface area contributed by atoms with E-state index in [-0.39, 0.29) is 18.3 Å². The lowest BCUT2D eigenvalue weighted by atomic mass is 9.87. The maximum absolute atomic E-state index is 12.6. The van der Waals surface area contributed by atoms with Crippen LogP contribution >= 0.6 is 0 Å². The lowest BCUT2D eigenvalue weighted by Crippen LogP contribution is -2.26. The van der Waals surface area contributed by atoms with E-state index < -0.39 is 21.8 Å². The first-order valence-electron chi connectivity index (χ1n) is 10.1. The van der Waals surface area contributed by atoms with Crippen molar-refractivity contribution in [1.82, 2.24) is 4.98 Å². The van der Waals surface area contributed by atoms with Crippen LogP contribution in [0.15, 0.2) is 48.7 Å². The van der Waals surface area contributed by atoms with Crippen molar-refractivity contribution in [2.75, 3.05) is 17.1 Å². The minimum absolute atomic E-state index is 0.139. The van der Waals surface area contributed by atoms with E-state index in [9.17, 15) is 21.6 Å². The van der Waals surface area contributed by atoms with Crippen LogP contribution in [0.1, 0.15) is 30.4 Å². The van der Waals surface area contributed by atoms with Gasteiger partial charge in [0.15, 0.2) is 0 Å². The Morgan fingerprint density at radius 1 is 1.10 bits per heavy atom. The molecule has 9 heteroatoms. The van der Waals surface area contributed by atoms with Crippen molar-refractivity contribution in [1.29, 1.82) is 0 Å². The van der Waals surface area contributed by atoms with Gasteiger partial charge in [0.1, 0.15) is 5.75 Å². The molecule has 1 aliphatic rings. The molecule has 1 heterocycles. The van der Waals surface area contributed by atoms with Crippen molar-refractivity contribution in [2.45, 2.75) is 31.9 Å². The Labute approximate surface area is 178 Å². The number of aromatic nitrogens is 1. The van der Waals surface area contributed by atoms with Crippen LogP contribution < -0.4 is 9.46 Å². The summed E-state index contributed by atoms with van der Waals surface area (Å²) in [7, 11) is -3.41. The number of fused-ring (bicyclic) bond motifs is 1. The van der Waals surface area contributed by atoms with Gasteiger partial charge >= 0.3 is 6.18 Å². The first-order chi connectivity index (χ1) is 14.7. The number of hydrogen-bond donors (Lipinski definition) is 2. The first-order valence-corrected chi connectivity index (χ1v) is 11.8. The van der Waals surface area contributed by atoms with Crippen molar-refractivity contribution in [3.63, 3.8) is 0 Å². The summed E-state index contributed by atoms with van der Waals surface area (Å²) in [5.74, 6) is 0.737. The number of hydrogen-bond acceptors (Lipinski definition) is 3. The van der Waals surface area contributed by atoms with Crippen LogP contribution in [0, 0.1) is 5.92 Å². The normalized spacial score (nSPS) is 15.1. The van der Waals surface area contributed by atoms with Gasteiger partial charge in [-0.05, 0) is 60.7 Å². The Hall–Kier alpha value is -2.68. The lowest BCUT2D eigenvalue weighted by Gasteiger charge is -2.24. The minimum Gasteiger partial charge on any atom is -0.493 e. The van der Waals surface area contributed by atoms with Gasteiger partial charge in [-0.3, -0.25) is 4.72 Å². The third-order valence-corrected chi connectivity index (χ3v) is 6.97. The fourth-order valence-corrected chi connectivity index (χ4v) is 5.15. The Kier molecular flexibility index (Phi) is 5.88. The highest BCUT2D eigenvalue weighted by Crippen LogP contribution is 2.31. The van der Waals surface area contributed by atoms with Crippen molar-refractivity contribution in [3.05, 3.63) is 59.8 Å². The molecule has 1 saturated carbocycles. The van der Waals surface area contributed by atoms with Gasteiger partial charge in [-0.15, -0.1) is 0 Å². The van der Waals surface area contributed by atoms with Crippen LogP contribution in [-0.4, -0.2) is 25.8 Å². The number of halogens is 3. The zero-order valence-electron chi connectivity index (χ0n) is 16.7. The van der Waals surface area contributed by atoms with Crippen molar-refractivity contribution in [2.24, 2.45) is 5.92 Å². The van der Waals surface area contributed by atoms with Gasteiger partial charge in [-0.1, -0.05) is 12.5 Å². The SMILES string of the molecule is O=S(=O)(CC1CCC1)Nc1c[nH]c2ccc(CCOc3ccc(C(F)(F)F)cc3)cc12. The quantitative estimate of drug-likeness (QED) is 0.484. The summed E-state index contributed by atoms with van der Waals surface area (Å²) in [6, 6.07) is 10.2. The summed E-state index contributed by atoms with van der Waals surface area (Å²) in [5.41, 5.74) is 1.54. The molecule has 1 aliphatic carbocycles. The monoisotopic (exact) mass is 452 g/mol. The van der Waals surface area contributed by atoms with Gasteiger partial charge in [-0.25, -0.2) is 8.42 Å². The molecular formula is C22H23F3N2O3S. The molecule has 31 heavy (non-hydrogen) atoms. The molecule has 5 nitrogen and oxygen atoms in total. The molecule has 1 fully saturated rings. The van der Waals surface area contributed by atoms with Gasteiger partial charge in [0.2, 0.25) is 10.0 Å². The highest BCUT2D eigenvalue weighted by Gasteiger charge is 2.30. The number of sulfonamides is 1. The molecule has 0 saturated heterocycles. The number of rotatable bonds is 8. The fourth-order valence-electron chi connectivity index (χ4n) is 3.61. The topological polar surface area (TPSA) is 71.2 Å². The van der Waals surface area contributed by atoms with Gasteiger partial charge in [0.25, 0.3) is 0 Å². The predicted octanol–water partition coefficient (Wildman–Crippen LogP) is 5.35. The lowest BCUT2D eigenvalue weighted by molar-refractivity contribution is -0.137. The van der Waals surface area contributed by atoms with Crippen LogP contribution in [-0.2, 0) is 22.6 Å². The number of benzene rings is 2. The molecule has 2 aromatic carbocycles. The molecule has 0 amide bonds. The molecule has 1 aromatic heterocycles. The molecule has 3 aromatic rings. The van der Waals surface area contributed by atoms with E-state index in [0.29, 0.717) is 17.9 Å². The summed E-state index contributed by atoms with van der Waals surface area (Å²) in [4.78, 5) is 3.07. The maximum Gasteiger partial charge on any atom is 0.416 e. The van der Waals surface area contributed by atoms with Crippen LogP contribution in [0.25, 0.3) is 10.9 Å². The van der Waals surface area contributed by atoms with Gasteiger partial charge < -0.3 is 9.72 Å². The standard InChI is InChI=1S/C22H23F3N2O3S/c23-22(24,25)17-5-7-18(8-6-17)30-11-10-15-4-9-20-19(12-15)21(13-26-20)27-31(28,29)14-16-2-1-3-16/h4-9,12-13,16,26-27H,1-3,10-11,14H2. The van der Waals surface area contributed by atoms with E-state index in [0.717, 1.165) is 47.9 Å². The third kappa shape index (κ3) is 5.33. The largest absolute Gasteiger partial charge is 0.493 e.